The molecule has 2 amide bonds. The van der Waals surface area contributed by atoms with Gasteiger partial charge in [0.15, 0.2) is 0 Å². The standard InChI is InChI=1S/C10H20N4O/c1-13-4-5-14(9(6-11)7-13)10(15)12-8-2-3-8/h8-9H,2-7,11H2,1H3,(H,12,15). The summed E-state index contributed by atoms with van der Waals surface area (Å²) >= 11 is 0. The normalized spacial score (nSPS) is 27.9. The van der Waals surface area contributed by atoms with Crippen LogP contribution in [-0.2, 0) is 0 Å². The Morgan fingerprint density at radius 2 is 2.20 bits per heavy atom. The highest BCUT2D eigenvalue weighted by Gasteiger charge is 2.31. The number of rotatable bonds is 2. The number of carbonyl (C=O) groups is 1. The molecule has 0 radical (unpaired) electrons. The molecule has 2 rings (SSSR count). The second kappa shape index (κ2) is 4.37. The highest BCUT2D eigenvalue weighted by molar-refractivity contribution is 5.75. The van der Waals surface area contributed by atoms with Crippen molar-refractivity contribution in [1.82, 2.24) is 15.1 Å². The van der Waals surface area contributed by atoms with Gasteiger partial charge in [0, 0.05) is 32.2 Å². The minimum Gasteiger partial charge on any atom is -0.335 e. The molecule has 5 heteroatoms. The number of nitrogens with zero attached hydrogens (tertiary/aromatic N) is 2. The van der Waals surface area contributed by atoms with Crippen LogP contribution in [0, 0.1) is 0 Å². The predicted octanol–water partition coefficient (Wildman–Crippen LogP) is -0.567. The molecular weight excluding hydrogens is 192 g/mol. The van der Waals surface area contributed by atoms with Crippen LogP contribution >= 0.6 is 0 Å². The van der Waals surface area contributed by atoms with Gasteiger partial charge in [-0.1, -0.05) is 0 Å². The minimum absolute atomic E-state index is 0.0704. The van der Waals surface area contributed by atoms with Gasteiger partial charge in [-0.3, -0.25) is 0 Å². The molecule has 15 heavy (non-hydrogen) atoms. The van der Waals surface area contributed by atoms with E-state index in [0.717, 1.165) is 32.5 Å². The van der Waals surface area contributed by atoms with Crippen molar-refractivity contribution in [1.29, 1.82) is 0 Å². The zero-order valence-corrected chi connectivity index (χ0v) is 9.28. The molecule has 1 unspecified atom stereocenters. The highest BCUT2D eigenvalue weighted by Crippen LogP contribution is 2.19. The molecule has 1 atom stereocenters. The van der Waals surface area contributed by atoms with E-state index in [-0.39, 0.29) is 12.1 Å². The lowest BCUT2D eigenvalue weighted by Crippen LogP contribution is -2.59. The number of amides is 2. The Balaban J connectivity index is 1.90. The Morgan fingerprint density at radius 1 is 1.47 bits per heavy atom. The van der Waals surface area contributed by atoms with Gasteiger partial charge >= 0.3 is 6.03 Å². The van der Waals surface area contributed by atoms with E-state index in [0.29, 0.717) is 12.6 Å². The first-order valence-corrected chi connectivity index (χ1v) is 5.66. The van der Waals surface area contributed by atoms with E-state index in [4.69, 9.17) is 5.73 Å². The first-order valence-electron chi connectivity index (χ1n) is 5.66. The van der Waals surface area contributed by atoms with Gasteiger partial charge in [-0.25, -0.2) is 4.79 Å². The van der Waals surface area contributed by atoms with Crippen LogP contribution in [0.25, 0.3) is 0 Å². The third kappa shape index (κ3) is 2.60. The summed E-state index contributed by atoms with van der Waals surface area (Å²) < 4.78 is 0. The van der Waals surface area contributed by atoms with Crippen LogP contribution in [0.4, 0.5) is 4.79 Å². The van der Waals surface area contributed by atoms with E-state index in [1.54, 1.807) is 0 Å². The van der Waals surface area contributed by atoms with Crippen molar-refractivity contribution in [2.24, 2.45) is 5.73 Å². The fraction of sp³-hybridized carbons (Fsp3) is 0.900. The van der Waals surface area contributed by atoms with Crippen LogP contribution in [0.15, 0.2) is 0 Å². The average Bonchev–Trinajstić information content (AvgIpc) is 3.01. The third-order valence-corrected chi connectivity index (χ3v) is 3.12. The second-order valence-electron chi connectivity index (χ2n) is 4.57. The Labute approximate surface area is 90.6 Å². The van der Waals surface area contributed by atoms with Gasteiger partial charge in [0.05, 0.1) is 6.04 Å². The monoisotopic (exact) mass is 212 g/mol. The quantitative estimate of drug-likeness (QED) is 0.644. The molecule has 0 aromatic carbocycles. The van der Waals surface area contributed by atoms with E-state index >= 15 is 0 Å². The Hall–Kier alpha value is -0.810. The molecule has 1 aliphatic carbocycles. The van der Waals surface area contributed by atoms with Gasteiger partial charge in [0.1, 0.15) is 0 Å². The molecule has 5 nitrogen and oxygen atoms in total. The van der Waals surface area contributed by atoms with Crippen LogP contribution in [0.5, 0.6) is 0 Å². The van der Waals surface area contributed by atoms with Gasteiger partial charge in [-0.2, -0.15) is 0 Å². The number of likely N-dealkylation sites (N-methyl/N-ethyl adjacent to an activating group) is 1. The fourth-order valence-electron chi connectivity index (χ4n) is 1.96. The lowest BCUT2D eigenvalue weighted by Gasteiger charge is -2.39. The summed E-state index contributed by atoms with van der Waals surface area (Å²) in [6.45, 7) is 3.16. The van der Waals surface area contributed by atoms with Gasteiger partial charge in [0.25, 0.3) is 0 Å². The lowest BCUT2D eigenvalue weighted by atomic mass is 10.2. The van der Waals surface area contributed by atoms with Gasteiger partial charge in [-0.05, 0) is 19.9 Å². The summed E-state index contributed by atoms with van der Waals surface area (Å²) in [6, 6.07) is 0.666. The fourth-order valence-corrected chi connectivity index (χ4v) is 1.96. The molecule has 0 aromatic heterocycles. The van der Waals surface area contributed by atoms with Crippen molar-refractivity contribution < 1.29 is 4.79 Å². The SMILES string of the molecule is CN1CCN(C(=O)NC2CC2)C(CN)C1. The maximum absolute atomic E-state index is 11.9. The number of hydrogen-bond acceptors (Lipinski definition) is 3. The first kappa shape index (κ1) is 10.7. The van der Waals surface area contributed by atoms with Crippen LogP contribution in [-0.4, -0.2) is 61.1 Å². The molecule has 1 saturated heterocycles. The summed E-state index contributed by atoms with van der Waals surface area (Å²) in [5.74, 6) is 0. The van der Waals surface area contributed by atoms with Crippen molar-refractivity contribution in [2.45, 2.75) is 24.9 Å². The molecule has 1 saturated carbocycles. The summed E-state index contributed by atoms with van der Waals surface area (Å²) in [7, 11) is 2.07. The third-order valence-electron chi connectivity index (χ3n) is 3.12. The van der Waals surface area contributed by atoms with Gasteiger partial charge in [0.2, 0.25) is 0 Å². The molecule has 0 bridgehead atoms. The Morgan fingerprint density at radius 3 is 2.80 bits per heavy atom. The molecule has 2 aliphatic rings. The lowest BCUT2D eigenvalue weighted by molar-refractivity contribution is 0.112. The molecule has 3 N–H and O–H groups in total. The minimum atomic E-state index is 0.0704. The highest BCUT2D eigenvalue weighted by atomic mass is 16.2. The molecule has 2 fully saturated rings. The maximum atomic E-state index is 11.9. The van der Waals surface area contributed by atoms with E-state index in [9.17, 15) is 4.79 Å². The van der Waals surface area contributed by atoms with Crippen LogP contribution in [0.1, 0.15) is 12.8 Å². The number of carbonyl (C=O) groups excluding carboxylic acids is 1. The second-order valence-corrected chi connectivity index (χ2v) is 4.57. The Bertz CT molecular complexity index is 242. The van der Waals surface area contributed by atoms with Crippen molar-refractivity contribution in [3.63, 3.8) is 0 Å². The summed E-state index contributed by atoms with van der Waals surface area (Å²) in [4.78, 5) is 16.0. The number of hydrogen-bond donors (Lipinski definition) is 2. The average molecular weight is 212 g/mol. The van der Waals surface area contributed by atoms with E-state index < -0.39 is 0 Å². The summed E-state index contributed by atoms with van der Waals surface area (Å²) in [6.07, 6.45) is 2.26. The van der Waals surface area contributed by atoms with Crippen LogP contribution < -0.4 is 11.1 Å². The van der Waals surface area contributed by atoms with Crippen molar-refractivity contribution in [3.05, 3.63) is 0 Å². The van der Waals surface area contributed by atoms with E-state index in [1.165, 1.54) is 0 Å². The molecule has 0 aromatic rings. The number of piperazine rings is 1. The smallest absolute Gasteiger partial charge is 0.317 e. The molecule has 1 heterocycles. The number of nitrogens with one attached hydrogen (secondary N) is 1. The molecular formula is C10H20N4O. The zero-order chi connectivity index (χ0) is 10.8. The van der Waals surface area contributed by atoms with Crippen LogP contribution in [0.3, 0.4) is 0 Å². The maximum Gasteiger partial charge on any atom is 0.317 e. The topological polar surface area (TPSA) is 61.6 Å². The van der Waals surface area contributed by atoms with Gasteiger partial charge in [-0.15, -0.1) is 0 Å². The molecule has 86 valence electrons. The van der Waals surface area contributed by atoms with E-state index in [2.05, 4.69) is 17.3 Å². The van der Waals surface area contributed by atoms with Crippen molar-refractivity contribution in [2.75, 3.05) is 33.2 Å². The zero-order valence-electron chi connectivity index (χ0n) is 9.28. The summed E-state index contributed by atoms with van der Waals surface area (Å²) in [5.41, 5.74) is 5.69. The van der Waals surface area contributed by atoms with Gasteiger partial charge < -0.3 is 20.9 Å². The largest absolute Gasteiger partial charge is 0.335 e. The summed E-state index contributed by atoms with van der Waals surface area (Å²) in [5, 5.41) is 3.02. The van der Waals surface area contributed by atoms with Crippen molar-refractivity contribution in [3.8, 4) is 0 Å². The first-order chi connectivity index (χ1) is 7.20. The number of nitrogens with two attached hydrogens (primary N) is 1. The Kier molecular flexibility index (Phi) is 3.11. The van der Waals surface area contributed by atoms with Crippen molar-refractivity contribution >= 4 is 6.03 Å². The predicted molar refractivity (Wildman–Crippen MR) is 58.6 cm³/mol. The molecule has 0 spiro atoms. The number of urea groups is 1. The van der Waals surface area contributed by atoms with Crippen LogP contribution in [0.2, 0.25) is 0 Å². The van der Waals surface area contributed by atoms with E-state index in [1.807, 2.05) is 4.90 Å². The molecule has 1 aliphatic heterocycles.